The van der Waals surface area contributed by atoms with Gasteiger partial charge in [0, 0.05) is 16.8 Å². The average Bonchev–Trinajstić information content (AvgIpc) is 3.31. The van der Waals surface area contributed by atoms with Gasteiger partial charge in [0.2, 0.25) is 0 Å². The molecule has 0 saturated carbocycles. The molecule has 166 valence electrons. The molecule has 0 aliphatic heterocycles. The number of carbonyl (C=O) groups excluding carboxylic acids is 3. The number of nitrogens with one attached hydrogen (secondary N) is 2. The van der Waals surface area contributed by atoms with Crippen molar-refractivity contribution >= 4 is 52.1 Å². The van der Waals surface area contributed by atoms with Crippen molar-refractivity contribution in [3.63, 3.8) is 0 Å². The largest absolute Gasteiger partial charge is 0.495 e. The molecule has 0 spiro atoms. The lowest BCUT2D eigenvalue weighted by atomic mass is 10.2. The van der Waals surface area contributed by atoms with Gasteiger partial charge in [-0.15, -0.1) is 11.3 Å². The fourth-order valence-corrected chi connectivity index (χ4v) is 3.51. The van der Waals surface area contributed by atoms with E-state index in [0.717, 1.165) is 5.56 Å². The molecule has 1 unspecified atom stereocenters. The number of aryl methyl sites for hydroxylation is 1. The van der Waals surface area contributed by atoms with E-state index in [-0.39, 0.29) is 11.5 Å². The number of hydrogen-bond donors (Lipinski definition) is 2. The van der Waals surface area contributed by atoms with E-state index in [0.29, 0.717) is 27.0 Å². The van der Waals surface area contributed by atoms with Crippen molar-refractivity contribution in [2.24, 2.45) is 0 Å². The zero-order chi connectivity index (χ0) is 23.3. The van der Waals surface area contributed by atoms with Crippen molar-refractivity contribution in [1.82, 2.24) is 0 Å². The molecule has 2 aromatic carbocycles. The normalized spacial score (nSPS) is 11.4. The standard InChI is InChI=1S/C23H21ClN2O5S/c1-13-11-18(19(30-3)12-17(13)24)26-21(27)14(2)31-23(29)15-6-8-16(9-7-15)25-22(28)20-5-4-10-32-20/h4-12,14H,1-3H3,(H,25,28)(H,26,27). The van der Waals surface area contributed by atoms with Crippen LogP contribution in [0.3, 0.4) is 0 Å². The van der Waals surface area contributed by atoms with E-state index in [9.17, 15) is 14.4 Å². The van der Waals surface area contributed by atoms with Gasteiger partial charge >= 0.3 is 5.97 Å². The third-order valence-corrected chi connectivity index (χ3v) is 5.79. The van der Waals surface area contributed by atoms with Gasteiger partial charge in [-0.2, -0.15) is 0 Å². The van der Waals surface area contributed by atoms with Gasteiger partial charge in [-0.3, -0.25) is 9.59 Å². The van der Waals surface area contributed by atoms with E-state index in [1.165, 1.54) is 37.5 Å². The minimum absolute atomic E-state index is 0.228. The minimum atomic E-state index is -1.05. The molecule has 0 radical (unpaired) electrons. The minimum Gasteiger partial charge on any atom is -0.495 e. The fourth-order valence-electron chi connectivity index (χ4n) is 2.74. The number of hydrogen-bond acceptors (Lipinski definition) is 6. The van der Waals surface area contributed by atoms with Crippen LogP contribution >= 0.6 is 22.9 Å². The lowest BCUT2D eigenvalue weighted by Crippen LogP contribution is -2.30. The Bertz CT molecular complexity index is 1130. The van der Waals surface area contributed by atoms with Crippen molar-refractivity contribution < 1.29 is 23.9 Å². The number of ether oxygens (including phenoxy) is 2. The molecule has 1 heterocycles. The third kappa shape index (κ3) is 5.66. The van der Waals surface area contributed by atoms with Gasteiger partial charge in [0.15, 0.2) is 6.10 Å². The first-order valence-corrected chi connectivity index (χ1v) is 10.8. The van der Waals surface area contributed by atoms with Gasteiger partial charge in [-0.05, 0) is 61.2 Å². The summed E-state index contributed by atoms with van der Waals surface area (Å²) >= 11 is 7.41. The Labute approximate surface area is 194 Å². The number of benzene rings is 2. The quantitative estimate of drug-likeness (QED) is 0.463. The van der Waals surface area contributed by atoms with Gasteiger partial charge < -0.3 is 20.1 Å². The Hall–Kier alpha value is -3.36. The van der Waals surface area contributed by atoms with Gasteiger partial charge in [-0.25, -0.2) is 4.79 Å². The van der Waals surface area contributed by atoms with Gasteiger partial charge in [-0.1, -0.05) is 17.7 Å². The van der Waals surface area contributed by atoms with Gasteiger partial charge in [0.1, 0.15) is 5.75 Å². The van der Waals surface area contributed by atoms with Gasteiger partial charge in [0.25, 0.3) is 11.8 Å². The molecule has 1 aromatic heterocycles. The lowest BCUT2D eigenvalue weighted by molar-refractivity contribution is -0.123. The zero-order valence-electron chi connectivity index (χ0n) is 17.6. The van der Waals surface area contributed by atoms with E-state index < -0.39 is 18.0 Å². The number of carbonyl (C=O) groups is 3. The summed E-state index contributed by atoms with van der Waals surface area (Å²) in [5, 5.41) is 7.76. The SMILES string of the molecule is COc1cc(Cl)c(C)cc1NC(=O)C(C)OC(=O)c1ccc(NC(=O)c2cccs2)cc1. The molecular formula is C23H21ClN2O5S. The molecule has 0 aliphatic carbocycles. The summed E-state index contributed by atoms with van der Waals surface area (Å²) < 4.78 is 10.5. The predicted octanol–water partition coefficient (Wildman–Crippen LogP) is 5.15. The molecule has 0 fully saturated rings. The van der Waals surface area contributed by atoms with Crippen LogP contribution in [0.25, 0.3) is 0 Å². The first-order valence-electron chi connectivity index (χ1n) is 9.59. The van der Waals surface area contributed by atoms with E-state index in [2.05, 4.69) is 10.6 Å². The Morgan fingerprint density at radius 2 is 1.78 bits per heavy atom. The molecule has 3 aromatic rings. The number of anilines is 2. The smallest absolute Gasteiger partial charge is 0.338 e. The lowest BCUT2D eigenvalue weighted by Gasteiger charge is -2.16. The molecule has 32 heavy (non-hydrogen) atoms. The number of methoxy groups -OCH3 is 1. The second kappa shape index (κ2) is 10.3. The molecule has 2 N–H and O–H groups in total. The Morgan fingerprint density at radius 1 is 1.06 bits per heavy atom. The highest BCUT2D eigenvalue weighted by molar-refractivity contribution is 7.12. The molecule has 9 heteroatoms. The molecule has 2 amide bonds. The summed E-state index contributed by atoms with van der Waals surface area (Å²) in [6, 6.07) is 13.0. The summed E-state index contributed by atoms with van der Waals surface area (Å²) in [6.45, 7) is 3.27. The molecule has 0 aliphatic rings. The van der Waals surface area contributed by atoms with Crippen molar-refractivity contribution in [2.75, 3.05) is 17.7 Å². The third-order valence-electron chi connectivity index (χ3n) is 4.52. The van der Waals surface area contributed by atoms with Crippen LogP contribution in [0.5, 0.6) is 5.75 Å². The van der Waals surface area contributed by atoms with Crippen LogP contribution in [-0.4, -0.2) is 31.0 Å². The van der Waals surface area contributed by atoms with E-state index in [1.807, 2.05) is 5.38 Å². The fraction of sp³-hybridized carbons (Fsp3) is 0.174. The van der Waals surface area contributed by atoms with Crippen LogP contribution in [0.15, 0.2) is 53.9 Å². The average molecular weight is 473 g/mol. The van der Waals surface area contributed by atoms with E-state index in [1.54, 1.807) is 43.3 Å². The van der Waals surface area contributed by atoms with Gasteiger partial charge in [0.05, 0.1) is 23.2 Å². The van der Waals surface area contributed by atoms with Crippen molar-refractivity contribution in [3.8, 4) is 5.75 Å². The van der Waals surface area contributed by atoms with Crippen LogP contribution < -0.4 is 15.4 Å². The molecule has 0 bridgehead atoms. The number of amides is 2. The summed E-state index contributed by atoms with van der Waals surface area (Å²) in [5.41, 5.74) is 1.97. The van der Waals surface area contributed by atoms with Crippen molar-refractivity contribution in [2.45, 2.75) is 20.0 Å². The second-order valence-corrected chi connectivity index (χ2v) is 8.20. The van der Waals surface area contributed by atoms with Crippen LogP contribution in [0, 0.1) is 6.92 Å². The topological polar surface area (TPSA) is 93.7 Å². The summed E-state index contributed by atoms with van der Waals surface area (Å²) in [5.74, 6) is -1.01. The Kier molecular flexibility index (Phi) is 7.50. The highest BCUT2D eigenvalue weighted by Gasteiger charge is 2.21. The van der Waals surface area contributed by atoms with Crippen molar-refractivity contribution in [3.05, 3.63) is 74.9 Å². The summed E-state index contributed by atoms with van der Waals surface area (Å²) in [7, 11) is 1.46. The monoisotopic (exact) mass is 472 g/mol. The predicted molar refractivity (Wildman–Crippen MR) is 125 cm³/mol. The summed E-state index contributed by atoms with van der Waals surface area (Å²) in [6.07, 6.45) is -1.05. The molecular weight excluding hydrogens is 452 g/mol. The van der Waals surface area contributed by atoms with Crippen LogP contribution in [0.2, 0.25) is 5.02 Å². The first kappa shape index (κ1) is 23.3. The number of rotatable bonds is 7. The second-order valence-electron chi connectivity index (χ2n) is 6.85. The molecule has 3 rings (SSSR count). The van der Waals surface area contributed by atoms with Crippen molar-refractivity contribution in [1.29, 1.82) is 0 Å². The van der Waals surface area contributed by atoms with E-state index in [4.69, 9.17) is 21.1 Å². The maximum Gasteiger partial charge on any atom is 0.338 e. The zero-order valence-corrected chi connectivity index (χ0v) is 19.2. The first-order chi connectivity index (χ1) is 15.3. The molecule has 7 nitrogen and oxygen atoms in total. The maximum absolute atomic E-state index is 12.5. The molecule has 0 saturated heterocycles. The number of halogens is 1. The number of thiophene rings is 1. The highest BCUT2D eigenvalue weighted by Crippen LogP contribution is 2.31. The van der Waals surface area contributed by atoms with Crippen LogP contribution in [0.4, 0.5) is 11.4 Å². The highest BCUT2D eigenvalue weighted by atomic mass is 35.5. The number of esters is 1. The van der Waals surface area contributed by atoms with Crippen LogP contribution in [0.1, 0.15) is 32.5 Å². The maximum atomic E-state index is 12.5. The Balaban J connectivity index is 1.59. The van der Waals surface area contributed by atoms with E-state index >= 15 is 0 Å². The van der Waals surface area contributed by atoms with Crippen LogP contribution in [-0.2, 0) is 9.53 Å². The Morgan fingerprint density at radius 3 is 2.41 bits per heavy atom. The summed E-state index contributed by atoms with van der Waals surface area (Å²) in [4.78, 5) is 37.6. The molecule has 1 atom stereocenters.